The van der Waals surface area contributed by atoms with Crippen molar-refractivity contribution >= 4 is 17.0 Å². The molecule has 68 valence electrons. The van der Waals surface area contributed by atoms with Crippen molar-refractivity contribution in [2.24, 2.45) is 0 Å². The molecule has 2 N–H and O–H groups in total. The summed E-state index contributed by atoms with van der Waals surface area (Å²) in [6.07, 6.45) is 0. The molecule has 0 unspecified atom stereocenters. The van der Waals surface area contributed by atoms with E-state index in [9.17, 15) is 0 Å². The fraction of sp³-hybridized carbons (Fsp3) is 0.333. The van der Waals surface area contributed by atoms with Gasteiger partial charge in [0.05, 0.1) is 13.2 Å². The molecule has 0 aliphatic heterocycles. The molecule has 3 heteroatoms. The van der Waals surface area contributed by atoms with Crippen molar-refractivity contribution in [3.8, 4) is 0 Å². The molecule has 0 radical (unpaired) electrons. The first-order valence-electron chi connectivity index (χ1n) is 3.65. The summed E-state index contributed by atoms with van der Waals surface area (Å²) in [5, 5.41) is 17.6. The summed E-state index contributed by atoms with van der Waals surface area (Å²) in [6, 6.07) is 9.50. The van der Waals surface area contributed by atoms with Crippen LogP contribution in [0.15, 0.2) is 30.3 Å². The van der Waals surface area contributed by atoms with Crippen molar-refractivity contribution in [1.82, 2.24) is 0 Å². The van der Waals surface area contributed by atoms with Gasteiger partial charge in [-0.1, -0.05) is 30.3 Å². The minimum Gasteiger partial charge on any atom is -0.396 e. The molecular weight excluding hydrogens is 220 g/mol. The highest BCUT2D eigenvalue weighted by atomic mass is 79.9. The topological polar surface area (TPSA) is 40.5 Å². The molecule has 2 nitrogen and oxygen atoms in total. The lowest BCUT2D eigenvalue weighted by Gasteiger charge is -2.09. The van der Waals surface area contributed by atoms with Crippen LogP contribution in [0.5, 0.6) is 0 Å². The average molecular weight is 233 g/mol. The van der Waals surface area contributed by atoms with Gasteiger partial charge in [-0.2, -0.15) is 0 Å². The molecule has 0 aliphatic rings. The summed E-state index contributed by atoms with van der Waals surface area (Å²) in [6.45, 7) is 0.00102. The lowest BCUT2D eigenvalue weighted by molar-refractivity contribution is 0.192. The molecule has 0 spiro atoms. The van der Waals surface area contributed by atoms with Gasteiger partial charge in [0, 0.05) is 5.92 Å². The van der Waals surface area contributed by atoms with Crippen molar-refractivity contribution in [2.75, 3.05) is 13.2 Å². The van der Waals surface area contributed by atoms with Gasteiger partial charge >= 0.3 is 0 Å². The van der Waals surface area contributed by atoms with Crippen LogP contribution in [-0.4, -0.2) is 23.4 Å². The van der Waals surface area contributed by atoms with Crippen molar-refractivity contribution in [1.29, 1.82) is 0 Å². The Labute approximate surface area is 82.6 Å². The highest BCUT2D eigenvalue weighted by Gasteiger charge is 2.06. The fourth-order valence-electron chi connectivity index (χ4n) is 0.994. The van der Waals surface area contributed by atoms with Crippen molar-refractivity contribution < 1.29 is 10.2 Å². The summed E-state index contributed by atoms with van der Waals surface area (Å²) < 4.78 is 0. The smallest absolute Gasteiger partial charge is 0.0521 e. The van der Waals surface area contributed by atoms with E-state index in [4.69, 9.17) is 10.2 Å². The summed E-state index contributed by atoms with van der Waals surface area (Å²) in [5.41, 5.74) is 0.984. The van der Waals surface area contributed by atoms with E-state index in [1.807, 2.05) is 30.3 Å². The number of hydrogen-bond acceptors (Lipinski definition) is 2. The standard InChI is InChI=1S/C9H12O2.BrH/c10-6-9(7-11)8-4-2-1-3-5-8;/h1-5,9-11H,6-7H2;1H. The molecule has 0 fully saturated rings. The maximum atomic E-state index is 8.82. The maximum absolute atomic E-state index is 8.82. The Morgan fingerprint density at radius 1 is 1.00 bits per heavy atom. The van der Waals surface area contributed by atoms with Crippen molar-refractivity contribution in [3.63, 3.8) is 0 Å². The number of rotatable bonds is 3. The Balaban J connectivity index is 0.00000121. The van der Waals surface area contributed by atoms with E-state index in [0.29, 0.717) is 0 Å². The van der Waals surface area contributed by atoms with Crippen LogP contribution in [0.2, 0.25) is 0 Å². The number of hydrogen-bond donors (Lipinski definition) is 2. The van der Waals surface area contributed by atoms with E-state index >= 15 is 0 Å². The molecule has 0 saturated carbocycles. The normalized spacial score (nSPS) is 9.58. The Kier molecular flexibility index (Phi) is 5.98. The highest BCUT2D eigenvalue weighted by molar-refractivity contribution is 8.93. The molecule has 1 aromatic carbocycles. The largest absolute Gasteiger partial charge is 0.396 e. The monoisotopic (exact) mass is 232 g/mol. The summed E-state index contributed by atoms with van der Waals surface area (Å²) >= 11 is 0. The minimum absolute atomic E-state index is 0. The van der Waals surface area contributed by atoms with E-state index in [0.717, 1.165) is 5.56 Å². The van der Waals surface area contributed by atoms with Crippen LogP contribution in [-0.2, 0) is 0 Å². The first-order chi connectivity index (χ1) is 5.38. The van der Waals surface area contributed by atoms with Gasteiger partial charge in [-0.05, 0) is 5.56 Å². The second kappa shape index (κ2) is 6.17. The summed E-state index contributed by atoms with van der Waals surface area (Å²) in [5.74, 6) is -0.129. The molecule has 1 aromatic rings. The highest BCUT2D eigenvalue weighted by Crippen LogP contribution is 2.12. The molecule has 1 rings (SSSR count). The van der Waals surface area contributed by atoms with Crippen LogP contribution in [0.4, 0.5) is 0 Å². The third-order valence-electron chi connectivity index (χ3n) is 1.71. The lowest BCUT2D eigenvalue weighted by atomic mass is 10.0. The molecule has 0 atom stereocenters. The van der Waals surface area contributed by atoms with Gasteiger partial charge in [0.25, 0.3) is 0 Å². The molecule has 12 heavy (non-hydrogen) atoms. The average Bonchev–Trinajstić information content (AvgIpc) is 2.09. The summed E-state index contributed by atoms with van der Waals surface area (Å²) in [4.78, 5) is 0. The summed E-state index contributed by atoms with van der Waals surface area (Å²) in [7, 11) is 0. The molecule has 0 heterocycles. The van der Waals surface area contributed by atoms with Crippen LogP contribution in [0.25, 0.3) is 0 Å². The number of aliphatic hydroxyl groups excluding tert-OH is 2. The van der Waals surface area contributed by atoms with E-state index in [1.54, 1.807) is 0 Å². The number of aliphatic hydroxyl groups is 2. The molecule has 0 amide bonds. The predicted octanol–water partition coefficient (Wildman–Crippen LogP) is 1.33. The molecule has 0 bridgehead atoms. The van der Waals surface area contributed by atoms with Gasteiger partial charge in [-0.15, -0.1) is 17.0 Å². The number of benzene rings is 1. The Bertz CT molecular complexity index is 197. The predicted molar refractivity (Wildman–Crippen MR) is 53.7 cm³/mol. The molecule has 0 aliphatic carbocycles. The minimum atomic E-state index is -0.129. The van der Waals surface area contributed by atoms with Gasteiger partial charge in [0.2, 0.25) is 0 Å². The lowest BCUT2D eigenvalue weighted by Crippen LogP contribution is -2.08. The zero-order valence-electron chi connectivity index (χ0n) is 6.68. The number of halogens is 1. The fourth-order valence-corrected chi connectivity index (χ4v) is 0.994. The van der Waals surface area contributed by atoms with Crippen LogP contribution in [0.3, 0.4) is 0 Å². The first kappa shape index (κ1) is 11.6. The third-order valence-corrected chi connectivity index (χ3v) is 1.71. The van der Waals surface area contributed by atoms with E-state index in [1.165, 1.54) is 0 Å². The zero-order chi connectivity index (χ0) is 8.10. The van der Waals surface area contributed by atoms with Gasteiger partial charge in [0.15, 0.2) is 0 Å². The van der Waals surface area contributed by atoms with Crippen molar-refractivity contribution in [2.45, 2.75) is 5.92 Å². The van der Waals surface area contributed by atoms with Crippen molar-refractivity contribution in [3.05, 3.63) is 35.9 Å². The molecule has 0 aromatic heterocycles. The van der Waals surface area contributed by atoms with Gasteiger partial charge in [-0.25, -0.2) is 0 Å². The van der Waals surface area contributed by atoms with Gasteiger partial charge < -0.3 is 10.2 Å². The Morgan fingerprint density at radius 2 is 1.50 bits per heavy atom. The zero-order valence-corrected chi connectivity index (χ0v) is 8.39. The Hall–Kier alpha value is -0.380. The SMILES string of the molecule is Br.OCC(CO)c1ccccc1. The molecular formula is C9H13BrO2. The van der Waals surface area contributed by atoms with Crippen LogP contribution >= 0.6 is 17.0 Å². The quantitative estimate of drug-likeness (QED) is 0.826. The third kappa shape index (κ3) is 2.93. The Morgan fingerprint density at radius 3 is 1.92 bits per heavy atom. The van der Waals surface area contributed by atoms with Gasteiger partial charge in [0.1, 0.15) is 0 Å². The molecule has 0 saturated heterocycles. The van der Waals surface area contributed by atoms with Crippen LogP contribution in [0.1, 0.15) is 11.5 Å². The van der Waals surface area contributed by atoms with Crippen LogP contribution in [0, 0.1) is 0 Å². The second-order valence-corrected chi connectivity index (χ2v) is 2.47. The van der Waals surface area contributed by atoms with E-state index in [2.05, 4.69) is 0 Å². The van der Waals surface area contributed by atoms with Crippen LogP contribution < -0.4 is 0 Å². The maximum Gasteiger partial charge on any atom is 0.0521 e. The first-order valence-corrected chi connectivity index (χ1v) is 3.65. The van der Waals surface area contributed by atoms with E-state index < -0.39 is 0 Å². The van der Waals surface area contributed by atoms with Gasteiger partial charge in [-0.3, -0.25) is 0 Å². The second-order valence-electron chi connectivity index (χ2n) is 2.47. The van der Waals surface area contributed by atoms with E-state index in [-0.39, 0.29) is 36.1 Å².